The number of rotatable bonds is 7. The minimum atomic E-state index is -2.65. The van der Waals surface area contributed by atoms with Crippen molar-refractivity contribution in [3.05, 3.63) is 46.8 Å². The fourth-order valence-corrected chi connectivity index (χ4v) is 2.93. The number of nitrogens with one attached hydrogen (secondary N) is 1. The molecule has 0 atom stereocenters. The molecule has 0 fully saturated rings. The first kappa shape index (κ1) is 19.6. The minimum Gasteiger partial charge on any atom is -0.496 e. The summed E-state index contributed by atoms with van der Waals surface area (Å²) in [7, 11) is 1.53. The highest BCUT2D eigenvalue weighted by atomic mass is 32.2. The number of aromatic nitrogens is 2. The number of nitrogens with two attached hydrogens (primary N) is 1. The van der Waals surface area contributed by atoms with Crippen LogP contribution in [0.4, 0.5) is 13.6 Å². The van der Waals surface area contributed by atoms with Gasteiger partial charge in [0.2, 0.25) is 0 Å². The highest BCUT2D eigenvalue weighted by Gasteiger charge is 2.13. The number of carbonyl (C=O) groups excluding carboxylic acids is 1. The van der Waals surface area contributed by atoms with Crippen LogP contribution in [0, 0.1) is 6.92 Å². The molecule has 10 heteroatoms. The Balaban J connectivity index is 2.17. The van der Waals surface area contributed by atoms with Crippen molar-refractivity contribution in [1.82, 2.24) is 15.4 Å². The first-order valence-corrected chi connectivity index (χ1v) is 8.39. The molecule has 0 aliphatic carbocycles. The Kier molecular flexibility index (Phi) is 6.84. The Morgan fingerprint density at radius 1 is 1.42 bits per heavy atom. The molecule has 7 nitrogen and oxygen atoms in total. The summed E-state index contributed by atoms with van der Waals surface area (Å²) in [4.78, 5) is 18.7. The van der Waals surface area contributed by atoms with Crippen molar-refractivity contribution in [3.63, 3.8) is 0 Å². The number of thioether (sulfide) groups is 1. The summed E-state index contributed by atoms with van der Waals surface area (Å²) >= 11 is 1.22. The Bertz CT molecular complexity index is 817. The molecular formula is C16H17F2N5O2S. The zero-order chi connectivity index (χ0) is 19.1. The van der Waals surface area contributed by atoms with Gasteiger partial charge in [-0.15, -0.1) is 0 Å². The van der Waals surface area contributed by atoms with Gasteiger partial charge in [-0.1, -0.05) is 11.8 Å². The smallest absolute Gasteiger partial charge is 0.332 e. The number of benzene rings is 1. The van der Waals surface area contributed by atoms with E-state index in [-0.39, 0.29) is 10.9 Å². The average molecular weight is 381 g/mol. The number of carbonyl (C=O) groups is 1. The van der Waals surface area contributed by atoms with E-state index in [9.17, 15) is 13.6 Å². The first-order valence-electron chi connectivity index (χ1n) is 7.41. The third kappa shape index (κ3) is 5.66. The molecule has 0 radical (unpaired) electrons. The number of primary amides is 1. The molecule has 0 saturated carbocycles. The van der Waals surface area contributed by atoms with Crippen molar-refractivity contribution in [3.8, 4) is 5.75 Å². The lowest BCUT2D eigenvalue weighted by atomic mass is 10.1. The Hall–Kier alpha value is -2.75. The summed E-state index contributed by atoms with van der Waals surface area (Å²) in [5.41, 5.74) is 8.71. The second kappa shape index (κ2) is 9.09. The maximum Gasteiger partial charge on any atom is 0.332 e. The van der Waals surface area contributed by atoms with Crippen molar-refractivity contribution in [1.29, 1.82) is 0 Å². The number of methoxy groups -OCH3 is 1. The number of nitrogens with zero attached hydrogens (tertiary/aromatic N) is 3. The Morgan fingerprint density at radius 3 is 2.85 bits per heavy atom. The monoisotopic (exact) mass is 381 g/mol. The molecule has 26 heavy (non-hydrogen) atoms. The summed E-state index contributed by atoms with van der Waals surface area (Å²) in [6, 6.07) is 5.78. The molecule has 0 aliphatic heterocycles. The van der Waals surface area contributed by atoms with Crippen LogP contribution >= 0.6 is 11.8 Å². The van der Waals surface area contributed by atoms with Gasteiger partial charge in [-0.05, 0) is 36.8 Å². The second-order valence-corrected chi connectivity index (χ2v) is 6.05. The molecule has 0 bridgehead atoms. The van der Waals surface area contributed by atoms with Crippen LogP contribution in [0.15, 0.2) is 34.5 Å². The van der Waals surface area contributed by atoms with Crippen LogP contribution < -0.4 is 15.9 Å². The molecule has 0 aliphatic rings. The number of aryl methyl sites for hydroxylation is 1. The van der Waals surface area contributed by atoms with Crippen LogP contribution in [-0.2, 0) is 5.75 Å². The molecule has 2 rings (SSSR count). The molecule has 1 aromatic carbocycles. The summed E-state index contributed by atoms with van der Waals surface area (Å²) in [6.45, 7) is 1.64. The van der Waals surface area contributed by atoms with Crippen molar-refractivity contribution in [2.24, 2.45) is 10.8 Å². The highest BCUT2D eigenvalue weighted by molar-refractivity contribution is 7.98. The summed E-state index contributed by atoms with van der Waals surface area (Å²) in [6.07, 6.45) is -1.22. The SMILES string of the molecule is COc1ccc(C=NNC(N)=O)cc1CSc1nc(C)cc(C(F)F)n1. The zero-order valence-electron chi connectivity index (χ0n) is 14.1. The standard InChI is InChI=1S/C16H17F2N5O2S/c1-9-5-12(14(17)18)22-16(21-9)26-8-11-6-10(3-4-13(11)25-2)7-20-23-15(19)24/h3-7,14H,8H2,1-2H3,(H3,19,23,24). The van der Waals surface area contributed by atoms with Crippen molar-refractivity contribution in [2.45, 2.75) is 24.3 Å². The van der Waals surface area contributed by atoms with Gasteiger partial charge in [-0.2, -0.15) is 5.10 Å². The van der Waals surface area contributed by atoms with E-state index in [1.165, 1.54) is 31.2 Å². The molecule has 0 saturated heterocycles. The van der Waals surface area contributed by atoms with Gasteiger partial charge in [-0.3, -0.25) is 0 Å². The Morgan fingerprint density at radius 2 is 2.19 bits per heavy atom. The molecule has 2 aromatic rings. The summed E-state index contributed by atoms with van der Waals surface area (Å²) in [5.74, 6) is 1.03. The zero-order valence-corrected chi connectivity index (χ0v) is 14.9. The number of hydrogen-bond donors (Lipinski definition) is 2. The quantitative estimate of drug-likeness (QED) is 0.332. The molecule has 0 unspecified atom stereocenters. The van der Waals surface area contributed by atoms with Crippen LogP contribution in [-0.4, -0.2) is 29.3 Å². The predicted molar refractivity (Wildman–Crippen MR) is 94.6 cm³/mol. The highest BCUT2D eigenvalue weighted by Crippen LogP contribution is 2.28. The van der Waals surface area contributed by atoms with Crippen molar-refractivity contribution < 1.29 is 18.3 Å². The molecule has 2 amide bonds. The third-order valence-electron chi connectivity index (χ3n) is 3.13. The van der Waals surface area contributed by atoms with Gasteiger partial charge in [-0.25, -0.2) is 29.0 Å². The van der Waals surface area contributed by atoms with Crippen LogP contribution in [0.3, 0.4) is 0 Å². The van der Waals surface area contributed by atoms with Crippen molar-refractivity contribution in [2.75, 3.05) is 7.11 Å². The van der Waals surface area contributed by atoms with Crippen LogP contribution in [0.5, 0.6) is 5.75 Å². The normalized spacial score (nSPS) is 11.1. The number of alkyl halides is 2. The van der Waals surface area contributed by atoms with Gasteiger partial charge in [0.05, 0.1) is 13.3 Å². The molecule has 3 N–H and O–H groups in total. The van der Waals surface area contributed by atoms with E-state index in [0.29, 0.717) is 22.8 Å². The van der Waals surface area contributed by atoms with E-state index in [1.807, 2.05) is 0 Å². The first-order chi connectivity index (χ1) is 12.4. The van der Waals surface area contributed by atoms with E-state index >= 15 is 0 Å². The molecule has 0 spiro atoms. The number of urea groups is 1. The van der Waals surface area contributed by atoms with E-state index in [1.54, 1.807) is 25.1 Å². The Labute approximate surface area is 153 Å². The summed E-state index contributed by atoms with van der Waals surface area (Å²) in [5, 5.41) is 3.95. The maximum atomic E-state index is 12.9. The van der Waals surface area contributed by atoms with E-state index in [2.05, 4.69) is 20.5 Å². The van der Waals surface area contributed by atoms with Gasteiger partial charge < -0.3 is 10.5 Å². The second-order valence-electron chi connectivity index (χ2n) is 5.11. The lowest BCUT2D eigenvalue weighted by molar-refractivity contribution is 0.145. The van der Waals surface area contributed by atoms with Gasteiger partial charge in [0.25, 0.3) is 6.43 Å². The molecule has 1 heterocycles. The lowest BCUT2D eigenvalue weighted by Gasteiger charge is -2.10. The van der Waals surface area contributed by atoms with Gasteiger partial charge in [0, 0.05) is 17.0 Å². The molecular weight excluding hydrogens is 364 g/mol. The van der Waals surface area contributed by atoms with Crippen LogP contribution in [0.25, 0.3) is 0 Å². The van der Waals surface area contributed by atoms with E-state index in [0.717, 1.165) is 5.56 Å². The van der Waals surface area contributed by atoms with Gasteiger partial charge in [0.15, 0.2) is 5.16 Å². The van der Waals surface area contributed by atoms with Gasteiger partial charge in [0.1, 0.15) is 11.4 Å². The van der Waals surface area contributed by atoms with Crippen LogP contribution in [0.1, 0.15) is 28.9 Å². The number of halogens is 2. The average Bonchev–Trinajstić information content (AvgIpc) is 2.59. The minimum absolute atomic E-state index is 0.261. The third-order valence-corrected chi connectivity index (χ3v) is 4.02. The number of amides is 2. The fraction of sp³-hybridized carbons (Fsp3) is 0.250. The predicted octanol–water partition coefficient (Wildman–Crippen LogP) is 3.03. The molecule has 138 valence electrons. The largest absolute Gasteiger partial charge is 0.496 e. The van der Waals surface area contributed by atoms with Crippen LogP contribution in [0.2, 0.25) is 0 Å². The van der Waals surface area contributed by atoms with Crippen molar-refractivity contribution >= 4 is 24.0 Å². The number of hydrogen-bond acceptors (Lipinski definition) is 6. The molecule has 1 aromatic heterocycles. The number of hydrazone groups is 1. The van der Waals surface area contributed by atoms with E-state index < -0.39 is 12.5 Å². The number of ether oxygens (including phenoxy) is 1. The fourth-order valence-electron chi connectivity index (χ4n) is 2.05. The van der Waals surface area contributed by atoms with E-state index in [4.69, 9.17) is 10.5 Å². The summed E-state index contributed by atoms with van der Waals surface area (Å²) < 4.78 is 31.0. The van der Waals surface area contributed by atoms with Gasteiger partial charge >= 0.3 is 6.03 Å². The maximum absolute atomic E-state index is 12.9. The lowest BCUT2D eigenvalue weighted by Crippen LogP contribution is -2.24. The topological polar surface area (TPSA) is 102 Å².